The molecule has 1 saturated carbocycles. The lowest BCUT2D eigenvalue weighted by atomic mass is 10.2. The van der Waals surface area contributed by atoms with Crippen LogP contribution in [0.15, 0.2) is 23.2 Å². The Morgan fingerprint density at radius 3 is 2.94 bits per heavy atom. The highest BCUT2D eigenvalue weighted by atomic mass is 32.2. The number of hydrogen-bond acceptors (Lipinski definition) is 4. The lowest BCUT2D eigenvalue weighted by molar-refractivity contribution is -0.118. The molecule has 1 aromatic rings. The fourth-order valence-corrected chi connectivity index (χ4v) is 2.20. The van der Waals surface area contributed by atoms with Gasteiger partial charge < -0.3 is 10.4 Å². The van der Waals surface area contributed by atoms with Crippen molar-refractivity contribution >= 4 is 17.7 Å². The van der Waals surface area contributed by atoms with Gasteiger partial charge in [0, 0.05) is 17.1 Å². The molecule has 18 heavy (non-hydrogen) atoms. The molecule has 2 N–H and O–H groups in total. The van der Waals surface area contributed by atoms with Crippen molar-refractivity contribution in [3.05, 3.63) is 24.0 Å². The molecule has 0 unspecified atom stereocenters. The Kier molecular flexibility index (Phi) is 4.60. The highest BCUT2D eigenvalue weighted by Crippen LogP contribution is 2.21. The van der Waals surface area contributed by atoms with Crippen molar-refractivity contribution in [2.24, 2.45) is 0 Å². The summed E-state index contributed by atoms with van der Waals surface area (Å²) in [6, 6.07) is 4.13. The maximum absolute atomic E-state index is 11.5. The van der Waals surface area contributed by atoms with Gasteiger partial charge >= 0.3 is 0 Å². The van der Waals surface area contributed by atoms with E-state index in [1.165, 1.54) is 11.8 Å². The van der Waals surface area contributed by atoms with Crippen molar-refractivity contribution in [1.82, 2.24) is 10.3 Å². The summed E-state index contributed by atoms with van der Waals surface area (Å²) in [4.78, 5) is 16.6. The molecule has 4 nitrogen and oxygen atoms in total. The fraction of sp³-hybridized carbons (Fsp3) is 0.538. The van der Waals surface area contributed by atoms with E-state index in [4.69, 9.17) is 0 Å². The molecule has 1 atom stereocenters. The monoisotopic (exact) mass is 266 g/mol. The van der Waals surface area contributed by atoms with E-state index in [0.29, 0.717) is 23.9 Å². The number of carbonyl (C=O) groups excluding carboxylic acids is 1. The van der Waals surface area contributed by atoms with Gasteiger partial charge in [-0.05, 0) is 31.4 Å². The number of aliphatic hydroxyl groups excluding tert-OH is 1. The molecule has 0 spiro atoms. The highest BCUT2D eigenvalue weighted by Gasteiger charge is 2.22. The van der Waals surface area contributed by atoms with Gasteiger partial charge in [-0.2, -0.15) is 0 Å². The first-order valence-corrected chi connectivity index (χ1v) is 7.23. The highest BCUT2D eigenvalue weighted by molar-refractivity contribution is 8.00. The molecule has 0 saturated heterocycles. The summed E-state index contributed by atoms with van der Waals surface area (Å²) >= 11 is 1.47. The van der Waals surface area contributed by atoms with E-state index >= 15 is 0 Å². The summed E-state index contributed by atoms with van der Waals surface area (Å²) in [6.07, 6.45) is 4.10. The second-order valence-electron chi connectivity index (χ2n) is 4.47. The van der Waals surface area contributed by atoms with Crippen LogP contribution in [-0.4, -0.2) is 27.8 Å². The average Bonchev–Trinajstić information content (AvgIpc) is 3.20. The van der Waals surface area contributed by atoms with Crippen molar-refractivity contribution in [2.45, 2.75) is 43.2 Å². The number of hydrogen-bond donors (Lipinski definition) is 2. The van der Waals surface area contributed by atoms with Gasteiger partial charge in [-0.1, -0.05) is 6.92 Å². The smallest absolute Gasteiger partial charge is 0.230 e. The molecule has 1 aromatic heterocycles. The van der Waals surface area contributed by atoms with Gasteiger partial charge in [-0.25, -0.2) is 0 Å². The first kappa shape index (κ1) is 13.4. The van der Waals surface area contributed by atoms with Crippen LogP contribution in [0.4, 0.5) is 0 Å². The van der Waals surface area contributed by atoms with Crippen LogP contribution in [0.1, 0.15) is 38.0 Å². The number of rotatable bonds is 6. The van der Waals surface area contributed by atoms with Gasteiger partial charge in [0.25, 0.3) is 0 Å². The number of carbonyl (C=O) groups is 1. The molecule has 1 fully saturated rings. The molecule has 98 valence electrons. The van der Waals surface area contributed by atoms with E-state index in [0.717, 1.165) is 17.7 Å². The minimum Gasteiger partial charge on any atom is -0.387 e. The van der Waals surface area contributed by atoms with E-state index in [1.807, 2.05) is 19.1 Å². The lowest BCUT2D eigenvalue weighted by Gasteiger charge is -2.07. The Bertz CT molecular complexity index is 404. The zero-order valence-corrected chi connectivity index (χ0v) is 11.2. The molecule has 0 aromatic carbocycles. The summed E-state index contributed by atoms with van der Waals surface area (Å²) < 4.78 is 0. The van der Waals surface area contributed by atoms with Crippen molar-refractivity contribution in [3.63, 3.8) is 0 Å². The standard InChI is InChI=1S/C13H18N2O2S/c1-2-12(16)11-6-5-10(7-14-11)18-8-13(17)15-9-3-4-9/h5-7,9,12,16H,2-4,8H2,1H3,(H,15,17)/t12-/m0/s1. The quantitative estimate of drug-likeness (QED) is 0.772. The zero-order valence-electron chi connectivity index (χ0n) is 10.4. The molecule has 2 rings (SSSR count). The lowest BCUT2D eigenvalue weighted by Crippen LogP contribution is -2.26. The van der Waals surface area contributed by atoms with Crippen LogP contribution >= 0.6 is 11.8 Å². The van der Waals surface area contributed by atoms with Gasteiger partial charge in [0.2, 0.25) is 5.91 Å². The molecule has 0 aliphatic heterocycles. The van der Waals surface area contributed by atoms with Gasteiger partial charge in [0.1, 0.15) is 0 Å². The van der Waals surface area contributed by atoms with Crippen LogP contribution in [0.3, 0.4) is 0 Å². The number of pyridine rings is 1. The van der Waals surface area contributed by atoms with Crippen LogP contribution in [0.25, 0.3) is 0 Å². The van der Waals surface area contributed by atoms with E-state index in [2.05, 4.69) is 10.3 Å². The second-order valence-corrected chi connectivity index (χ2v) is 5.52. The van der Waals surface area contributed by atoms with Crippen LogP contribution in [0.5, 0.6) is 0 Å². The summed E-state index contributed by atoms with van der Waals surface area (Å²) in [5.74, 6) is 0.508. The fourth-order valence-electron chi connectivity index (χ4n) is 1.53. The average molecular weight is 266 g/mol. The van der Waals surface area contributed by atoms with E-state index in [9.17, 15) is 9.90 Å². The Hall–Kier alpha value is -1.07. The van der Waals surface area contributed by atoms with Crippen LogP contribution < -0.4 is 5.32 Å². The first-order valence-electron chi connectivity index (χ1n) is 6.25. The number of nitrogens with one attached hydrogen (secondary N) is 1. The Morgan fingerprint density at radius 1 is 1.61 bits per heavy atom. The predicted molar refractivity (Wildman–Crippen MR) is 71.4 cm³/mol. The largest absolute Gasteiger partial charge is 0.387 e. The SMILES string of the molecule is CC[C@H](O)c1ccc(SCC(=O)NC2CC2)cn1. The summed E-state index contributed by atoms with van der Waals surface area (Å²) in [5, 5.41) is 12.6. The molecule has 0 bridgehead atoms. The number of aromatic nitrogens is 1. The molecule has 5 heteroatoms. The number of amides is 1. The minimum atomic E-state index is -0.498. The van der Waals surface area contributed by atoms with Crippen molar-refractivity contribution in [2.75, 3.05) is 5.75 Å². The Balaban J connectivity index is 1.80. The van der Waals surface area contributed by atoms with Crippen LogP contribution in [-0.2, 0) is 4.79 Å². The third-order valence-electron chi connectivity index (χ3n) is 2.80. The second kappa shape index (κ2) is 6.20. The number of aliphatic hydroxyl groups is 1. The Labute approximate surface area is 111 Å². The summed E-state index contributed by atoms with van der Waals surface area (Å²) in [7, 11) is 0. The molecule has 0 radical (unpaired) electrons. The molecule has 1 amide bonds. The van der Waals surface area contributed by atoms with Gasteiger partial charge in [-0.3, -0.25) is 9.78 Å². The molecule has 1 heterocycles. The van der Waals surface area contributed by atoms with E-state index < -0.39 is 6.10 Å². The summed E-state index contributed by atoms with van der Waals surface area (Å²) in [5.41, 5.74) is 0.685. The summed E-state index contributed by atoms with van der Waals surface area (Å²) in [6.45, 7) is 1.91. The maximum Gasteiger partial charge on any atom is 0.230 e. The van der Waals surface area contributed by atoms with E-state index in [-0.39, 0.29) is 5.91 Å². The molecule has 1 aliphatic rings. The first-order chi connectivity index (χ1) is 8.69. The van der Waals surface area contributed by atoms with Crippen molar-refractivity contribution in [1.29, 1.82) is 0 Å². The van der Waals surface area contributed by atoms with Gasteiger partial charge in [0.05, 0.1) is 17.6 Å². The number of thioether (sulfide) groups is 1. The normalized spacial score (nSPS) is 16.3. The van der Waals surface area contributed by atoms with Gasteiger partial charge in [-0.15, -0.1) is 11.8 Å². The van der Waals surface area contributed by atoms with Crippen molar-refractivity contribution in [3.8, 4) is 0 Å². The van der Waals surface area contributed by atoms with E-state index in [1.54, 1.807) is 6.20 Å². The van der Waals surface area contributed by atoms with Crippen molar-refractivity contribution < 1.29 is 9.90 Å². The number of nitrogens with zero attached hydrogens (tertiary/aromatic N) is 1. The molecular weight excluding hydrogens is 248 g/mol. The van der Waals surface area contributed by atoms with Gasteiger partial charge in [0.15, 0.2) is 0 Å². The zero-order chi connectivity index (χ0) is 13.0. The Morgan fingerprint density at radius 2 is 2.39 bits per heavy atom. The minimum absolute atomic E-state index is 0.0835. The van der Waals surface area contributed by atoms with Crippen LogP contribution in [0.2, 0.25) is 0 Å². The molecule has 1 aliphatic carbocycles. The predicted octanol–water partition coefficient (Wildman–Crippen LogP) is 1.90. The van der Waals surface area contributed by atoms with Crippen LogP contribution in [0, 0.1) is 0 Å². The third-order valence-corrected chi connectivity index (χ3v) is 3.78. The maximum atomic E-state index is 11.5. The third kappa shape index (κ3) is 3.99. The molecular formula is C13H18N2O2S. The topological polar surface area (TPSA) is 62.2 Å².